The molecule has 17 nitrogen and oxygen atoms in total. The molecule has 0 radical (unpaired) electrons. The monoisotopic (exact) mass is 1300 g/mol. The van der Waals surface area contributed by atoms with Crippen LogP contribution in [0.3, 0.4) is 0 Å². The molecule has 0 aliphatic rings. The van der Waals surface area contributed by atoms with Gasteiger partial charge in [-0.3, -0.25) is 37.3 Å². The average molecular weight is 1300 g/mol. The van der Waals surface area contributed by atoms with E-state index in [0.717, 1.165) is 108 Å². The van der Waals surface area contributed by atoms with Crippen LogP contribution in [-0.2, 0) is 65.4 Å². The molecular formula is C69H134O17P2. The van der Waals surface area contributed by atoms with Crippen molar-refractivity contribution in [1.29, 1.82) is 0 Å². The van der Waals surface area contributed by atoms with E-state index in [1.807, 2.05) is 0 Å². The van der Waals surface area contributed by atoms with Crippen molar-refractivity contribution in [3.63, 3.8) is 0 Å². The summed E-state index contributed by atoms with van der Waals surface area (Å²) in [5, 5.41) is 10.6. The van der Waals surface area contributed by atoms with E-state index in [2.05, 4.69) is 55.4 Å². The fraction of sp³-hybridized carbons (Fsp3) is 0.942. The largest absolute Gasteiger partial charge is 0.472 e. The maximum atomic E-state index is 13.0. The van der Waals surface area contributed by atoms with Gasteiger partial charge in [-0.2, -0.15) is 0 Å². The van der Waals surface area contributed by atoms with Crippen LogP contribution in [0.4, 0.5) is 0 Å². The van der Waals surface area contributed by atoms with E-state index >= 15 is 0 Å². The lowest BCUT2D eigenvalue weighted by Crippen LogP contribution is -2.30. The van der Waals surface area contributed by atoms with Gasteiger partial charge >= 0.3 is 39.5 Å². The molecule has 0 fully saturated rings. The average Bonchev–Trinajstić information content (AvgIpc) is 3.66. The molecule has 0 aromatic heterocycles. The van der Waals surface area contributed by atoms with E-state index in [-0.39, 0.29) is 25.7 Å². The Morgan fingerprint density at radius 3 is 0.705 bits per heavy atom. The van der Waals surface area contributed by atoms with Crippen LogP contribution in [0, 0.1) is 23.7 Å². The van der Waals surface area contributed by atoms with Crippen LogP contribution in [0.25, 0.3) is 0 Å². The van der Waals surface area contributed by atoms with Gasteiger partial charge in [-0.1, -0.05) is 287 Å². The third-order valence-corrected chi connectivity index (χ3v) is 17.7. The highest BCUT2D eigenvalue weighted by Crippen LogP contribution is 2.45. The molecule has 3 N–H and O–H groups in total. The minimum Gasteiger partial charge on any atom is -0.462 e. The van der Waals surface area contributed by atoms with Crippen LogP contribution in [-0.4, -0.2) is 96.7 Å². The van der Waals surface area contributed by atoms with Gasteiger partial charge in [-0.15, -0.1) is 0 Å². The Hall–Kier alpha value is -1.94. The second kappa shape index (κ2) is 58.8. The highest BCUT2D eigenvalue weighted by molar-refractivity contribution is 7.47. The molecule has 0 saturated carbocycles. The van der Waals surface area contributed by atoms with E-state index in [4.69, 9.17) is 37.0 Å². The van der Waals surface area contributed by atoms with Crippen molar-refractivity contribution in [1.82, 2.24) is 0 Å². The molecule has 0 aromatic carbocycles. The summed E-state index contributed by atoms with van der Waals surface area (Å²) in [5.74, 6) is 0.771. The lowest BCUT2D eigenvalue weighted by molar-refractivity contribution is -0.161. The minimum atomic E-state index is -4.95. The van der Waals surface area contributed by atoms with Gasteiger partial charge in [0.25, 0.3) is 0 Å². The molecule has 0 aliphatic carbocycles. The van der Waals surface area contributed by atoms with Crippen LogP contribution in [0.5, 0.6) is 0 Å². The van der Waals surface area contributed by atoms with Gasteiger partial charge in [0.15, 0.2) is 12.2 Å². The summed E-state index contributed by atoms with van der Waals surface area (Å²) in [6.45, 7) is 14.0. The second-order valence-electron chi connectivity index (χ2n) is 26.8. The van der Waals surface area contributed by atoms with E-state index in [0.29, 0.717) is 37.5 Å². The normalized spacial score (nSPS) is 14.3. The number of phosphoric ester groups is 2. The first-order chi connectivity index (χ1) is 42.1. The zero-order chi connectivity index (χ0) is 65.4. The van der Waals surface area contributed by atoms with Gasteiger partial charge in [-0.05, 0) is 49.4 Å². The van der Waals surface area contributed by atoms with Crippen molar-refractivity contribution in [3.8, 4) is 0 Å². The molecule has 0 aromatic rings. The third-order valence-electron chi connectivity index (χ3n) is 15.8. The van der Waals surface area contributed by atoms with Crippen molar-refractivity contribution in [2.24, 2.45) is 23.7 Å². The van der Waals surface area contributed by atoms with Crippen molar-refractivity contribution in [2.75, 3.05) is 39.6 Å². The molecule has 88 heavy (non-hydrogen) atoms. The van der Waals surface area contributed by atoms with E-state index in [1.54, 1.807) is 0 Å². The van der Waals surface area contributed by atoms with Gasteiger partial charge in [0.1, 0.15) is 19.3 Å². The highest BCUT2D eigenvalue weighted by atomic mass is 31.2. The predicted molar refractivity (Wildman–Crippen MR) is 354 cm³/mol. The minimum absolute atomic E-state index is 0.101. The van der Waals surface area contributed by atoms with E-state index in [1.165, 1.54) is 135 Å². The van der Waals surface area contributed by atoms with Crippen LogP contribution in [0.2, 0.25) is 0 Å². The Labute approximate surface area is 537 Å². The van der Waals surface area contributed by atoms with Crippen LogP contribution < -0.4 is 0 Å². The van der Waals surface area contributed by atoms with Crippen LogP contribution in [0.1, 0.15) is 338 Å². The fourth-order valence-corrected chi connectivity index (χ4v) is 11.9. The number of carbonyl (C=O) groups is 4. The Morgan fingerprint density at radius 2 is 0.477 bits per heavy atom. The van der Waals surface area contributed by atoms with Crippen molar-refractivity contribution < 1.29 is 80.2 Å². The lowest BCUT2D eigenvalue weighted by Gasteiger charge is -2.21. The summed E-state index contributed by atoms with van der Waals surface area (Å²) in [6, 6.07) is 0. The number of ether oxygens (including phenoxy) is 4. The molecular weight excluding hydrogens is 1160 g/mol. The van der Waals surface area contributed by atoms with Crippen molar-refractivity contribution in [2.45, 2.75) is 356 Å². The summed E-state index contributed by atoms with van der Waals surface area (Å²) >= 11 is 0. The molecule has 0 saturated heterocycles. The molecule has 0 bridgehead atoms. The zero-order valence-electron chi connectivity index (χ0n) is 57.3. The van der Waals surface area contributed by atoms with Crippen LogP contribution >= 0.6 is 15.6 Å². The molecule has 0 heterocycles. The number of aliphatic hydroxyl groups excluding tert-OH is 1. The van der Waals surface area contributed by atoms with Crippen LogP contribution in [0.15, 0.2) is 0 Å². The first-order valence-electron chi connectivity index (χ1n) is 35.7. The number of rotatable bonds is 66. The molecule has 5 atom stereocenters. The first kappa shape index (κ1) is 86.1. The summed E-state index contributed by atoms with van der Waals surface area (Å²) < 4.78 is 68.2. The number of esters is 4. The Morgan fingerprint density at radius 1 is 0.284 bits per heavy atom. The van der Waals surface area contributed by atoms with Gasteiger partial charge in [0, 0.05) is 25.7 Å². The quantitative estimate of drug-likeness (QED) is 0.0222. The molecule has 0 spiro atoms. The highest BCUT2D eigenvalue weighted by Gasteiger charge is 2.30. The molecule has 0 amide bonds. The lowest BCUT2D eigenvalue weighted by atomic mass is 10.0. The third kappa shape index (κ3) is 62.8. The summed E-state index contributed by atoms with van der Waals surface area (Å²) in [5.41, 5.74) is 0. The molecule has 522 valence electrons. The number of carbonyl (C=O) groups excluding carboxylic acids is 4. The maximum Gasteiger partial charge on any atom is 0.472 e. The molecule has 19 heteroatoms. The number of hydrogen-bond acceptors (Lipinski definition) is 15. The Bertz CT molecular complexity index is 1750. The summed E-state index contributed by atoms with van der Waals surface area (Å²) in [4.78, 5) is 72.4. The van der Waals surface area contributed by atoms with Gasteiger partial charge in [-0.25, -0.2) is 9.13 Å². The van der Waals surface area contributed by atoms with Gasteiger partial charge in [0.2, 0.25) is 0 Å². The molecule has 2 unspecified atom stereocenters. The van der Waals surface area contributed by atoms with E-state index < -0.39 is 97.5 Å². The fourth-order valence-electron chi connectivity index (χ4n) is 10.3. The second-order valence-corrected chi connectivity index (χ2v) is 29.7. The number of unbranched alkanes of at least 4 members (excludes halogenated alkanes) is 32. The summed E-state index contributed by atoms with van der Waals surface area (Å²) in [7, 11) is -9.90. The number of aliphatic hydroxyl groups is 1. The number of phosphoric acid groups is 2. The van der Waals surface area contributed by atoms with Crippen molar-refractivity contribution in [3.05, 3.63) is 0 Å². The standard InChI is InChI=1S/C69H134O17P2/c1-59(2)45-37-29-21-17-13-9-11-15-19-23-33-41-49-66(71)79-55-64(85-68(73)51-43-35-24-20-16-12-10-14-18-22-30-38-46-60(3)4)57-83-87(75,76)81-53-63(70)54-82-88(77,78)84-58-65(86-69(74)52-44-36-28-26-32-40-48-62(7)8)56-80-67(72)50-42-34-27-25-31-39-47-61(5)6/h59-65,70H,9-58H2,1-8H3,(H,75,76)(H,77,78)/t63-,64-,65-/m1/s1. The van der Waals surface area contributed by atoms with E-state index in [9.17, 15) is 43.2 Å². The Balaban J connectivity index is 5.23. The SMILES string of the molecule is CC(C)CCCCCCCCCCCCCCC(=O)OC[C@H](COP(=O)(O)OC[C@@H](O)COP(=O)(O)OC[C@@H](COC(=O)CCCCCCCCC(C)C)OC(=O)CCCCCCCCC(C)C)OC(=O)CCCCCCCCCCCCCCC(C)C. The number of hydrogen-bond donors (Lipinski definition) is 3. The zero-order valence-corrected chi connectivity index (χ0v) is 59.1. The van der Waals surface area contributed by atoms with Crippen molar-refractivity contribution >= 4 is 39.5 Å². The topological polar surface area (TPSA) is 237 Å². The Kier molecular flexibility index (Phi) is 57.6. The maximum absolute atomic E-state index is 13.0. The molecule has 0 aliphatic heterocycles. The van der Waals surface area contributed by atoms with Gasteiger partial charge in [0.05, 0.1) is 26.4 Å². The molecule has 0 rings (SSSR count). The summed E-state index contributed by atoms with van der Waals surface area (Å²) in [6.07, 6.45) is 40.6. The smallest absolute Gasteiger partial charge is 0.462 e. The first-order valence-corrected chi connectivity index (χ1v) is 38.7. The van der Waals surface area contributed by atoms with Gasteiger partial charge < -0.3 is 33.8 Å². The predicted octanol–water partition coefficient (Wildman–Crippen LogP) is 19.3.